The predicted octanol–water partition coefficient (Wildman–Crippen LogP) is 3.69. The van der Waals surface area contributed by atoms with Crippen molar-refractivity contribution in [3.63, 3.8) is 0 Å². The molecule has 1 saturated carbocycles. The molecule has 0 aromatic rings. The van der Waals surface area contributed by atoms with Crippen molar-refractivity contribution in [2.75, 3.05) is 0 Å². The van der Waals surface area contributed by atoms with Gasteiger partial charge >= 0.3 is 0 Å². The molecule has 0 spiro atoms. The second-order valence-corrected chi connectivity index (χ2v) is 5.91. The first-order valence-electron chi connectivity index (χ1n) is 4.25. The van der Waals surface area contributed by atoms with Crippen LogP contribution in [0.25, 0.3) is 0 Å². The minimum Gasteiger partial charge on any atom is -0.106 e. The van der Waals surface area contributed by atoms with Crippen molar-refractivity contribution in [3.05, 3.63) is 12.2 Å². The van der Waals surface area contributed by atoms with Crippen LogP contribution in [-0.4, -0.2) is 3.78 Å². The van der Waals surface area contributed by atoms with Crippen LogP contribution in [-0.2, 0) is 0 Å². The molecule has 2 unspecified atom stereocenters. The summed E-state index contributed by atoms with van der Waals surface area (Å²) < 4.78 is -0.0287. The molecule has 0 radical (unpaired) electrons. The average Bonchev–Trinajstić information content (AvgIpc) is 2.29. The van der Waals surface area contributed by atoms with E-state index in [1.54, 1.807) is 0 Å². The third-order valence-electron chi connectivity index (χ3n) is 2.82. The Bertz CT molecular complexity index is 168. The molecule has 2 aliphatic rings. The topological polar surface area (TPSA) is 0 Å². The molecule has 1 fully saturated rings. The van der Waals surface area contributed by atoms with Gasteiger partial charge in [-0.2, -0.15) is 0 Å². The van der Waals surface area contributed by atoms with Gasteiger partial charge in [0, 0.05) is 0 Å². The Morgan fingerprint density at radius 2 is 1.64 bits per heavy atom. The van der Waals surface area contributed by atoms with E-state index in [1.165, 1.54) is 25.7 Å². The Morgan fingerprint density at radius 1 is 1.18 bits per heavy atom. The smallest absolute Gasteiger partial charge is 0.106 e. The fraction of sp³-hybridized carbons (Fsp3) is 0.778. The van der Waals surface area contributed by atoms with Crippen molar-refractivity contribution in [2.45, 2.75) is 29.5 Å². The molecule has 2 atom stereocenters. The fourth-order valence-corrected chi connectivity index (χ4v) is 3.46. The van der Waals surface area contributed by atoms with E-state index in [-0.39, 0.29) is 3.78 Å². The molecule has 0 aliphatic heterocycles. The lowest BCUT2D eigenvalue weighted by molar-refractivity contribution is 0.605. The predicted molar refractivity (Wildman–Crippen MR) is 52.1 cm³/mol. The van der Waals surface area contributed by atoms with Gasteiger partial charge in [-0.3, -0.25) is 0 Å². The second-order valence-electron chi connectivity index (χ2n) is 3.51. The zero-order chi connectivity index (χ0) is 7.90. The van der Waals surface area contributed by atoms with Crippen LogP contribution in [0.2, 0.25) is 0 Å². The first-order valence-corrected chi connectivity index (χ1v) is 5.43. The molecule has 0 nitrogen and oxygen atoms in total. The average molecular weight is 236 g/mol. The van der Waals surface area contributed by atoms with E-state index in [0.29, 0.717) is 0 Å². The highest BCUT2D eigenvalue weighted by molar-refractivity contribution is 9.10. The Morgan fingerprint density at radius 3 is 2.09 bits per heavy atom. The number of hydrogen-bond donors (Lipinski definition) is 0. The van der Waals surface area contributed by atoms with Gasteiger partial charge in [0.05, 0.1) is 0 Å². The van der Waals surface area contributed by atoms with Crippen molar-refractivity contribution in [3.8, 4) is 0 Å². The standard InChI is InChI=1S/C9H12BrCl/c10-9(11)7-5-3-1-2-4-6-8(7)9/h1-2,7-8H,3-6H2. The molecule has 62 valence electrons. The maximum absolute atomic E-state index is 6.25. The number of rotatable bonds is 0. The normalized spacial score (nSPS) is 49.3. The van der Waals surface area contributed by atoms with E-state index >= 15 is 0 Å². The van der Waals surface area contributed by atoms with Gasteiger partial charge in [-0.15, -0.1) is 11.6 Å². The highest BCUT2D eigenvalue weighted by Gasteiger charge is 2.60. The van der Waals surface area contributed by atoms with Gasteiger partial charge in [0.25, 0.3) is 0 Å². The van der Waals surface area contributed by atoms with Crippen molar-refractivity contribution >= 4 is 27.5 Å². The largest absolute Gasteiger partial charge is 0.106 e. The summed E-state index contributed by atoms with van der Waals surface area (Å²) in [6.45, 7) is 0. The van der Waals surface area contributed by atoms with Gasteiger partial charge in [-0.1, -0.05) is 28.1 Å². The maximum Gasteiger partial charge on any atom is 0.106 e. The summed E-state index contributed by atoms with van der Waals surface area (Å²) in [4.78, 5) is 0. The lowest BCUT2D eigenvalue weighted by atomic mass is 10.1. The molecule has 0 aromatic carbocycles. The van der Waals surface area contributed by atoms with Crippen LogP contribution in [0.3, 0.4) is 0 Å². The Labute approximate surface area is 81.1 Å². The molecular formula is C9H12BrCl. The van der Waals surface area contributed by atoms with Crippen molar-refractivity contribution in [1.29, 1.82) is 0 Å². The van der Waals surface area contributed by atoms with E-state index in [0.717, 1.165) is 11.8 Å². The van der Waals surface area contributed by atoms with Crippen LogP contribution in [0.15, 0.2) is 12.2 Å². The summed E-state index contributed by atoms with van der Waals surface area (Å²) in [6, 6.07) is 0. The number of allylic oxidation sites excluding steroid dienone is 2. The Hall–Kier alpha value is 0.510. The molecule has 0 N–H and O–H groups in total. The van der Waals surface area contributed by atoms with E-state index in [2.05, 4.69) is 28.1 Å². The fourth-order valence-electron chi connectivity index (χ4n) is 2.04. The number of hydrogen-bond acceptors (Lipinski definition) is 0. The zero-order valence-corrected chi connectivity index (χ0v) is 8.74. The van der Waals surface area contributed by atoms with Crippen LogP contribution in [0.5, 0.6) is 0 Å². The lowest BCUT2D eigenvalue weighted by Crippen LogP contribution is -1.88. The summed E-state index contributed by atoms with van der Waals surface area (Å²) >= 11 is 9.83. The van der Waals surface area contributed by atoms with E-state index in [4.69, 9.17) is 11.6 Å². The first kappa shape index (κ1) is 8.12. The Balaban J connectivity index is 2.02. The van der Waals surface area contributed by atoms with Crippen molar-refractivity contribution in [2.24, 2.45) is 11.8 Å². The highest BCUT2D eigenvalue weighted by Crippen LogP contribution is 2.64. The van der Waals surface area contributed by atoms with Crippen LogP contribution in [0.1, 0.15) is 25.7 Å². The zero-order valence-electron chi connectivity index (χ0n) is 6.39. The van der Waals surface area contributed by atoms with Crippen LogP contribution in [0, 0.1) is 11.8 Å². The van der Waals surface area contributed by atoms with Crippen LogP contribution < -0.4 is 0 Å². The molecular weight excluding hydrogens is 223 g/mol. The van der Waals surface area contributed by atoms with Crippen LogP contribution in [0.4, 0.5) is 0 Å². The highest BCUT2D eigenvalue weighted by atomic mass is 79.9. The van der Waals surface area contributed by atoms with Gasteiger partial charge < -0.3 is 0 Å². The molecule has 2 aliphatic carbocycles. The Kier molecular flexibility index (Phi) is 2.05. The third-order valence-corrected chi connectivity index (χ3v) is 4.56. The number of halogens is 2. The number of fused-ring (bicyclic) bond motifs is 1. The van der Waals surface area contributed by atoms with Gasteiger partial charge in [0.2, 0.25) is 0 Å². The molecule has 0 heterocycles. The van der Waals surface area contributed by atoms with E-state index in [9.17, 15) is 0 Å². The maximum atomic E-state index is 6.25. The summed E-state index contributed by atoms with van der Waals surface area (Å²) in [5, 5.41) is 0. The third kappa shape index (κ3) is 1.38. The van der Waals surface area contributed by atoms with Gasteiger partial charge in [-0.05, 0) is 37.5 Å². The number of alkyl halides is 2. The van der Waals surface area contributed by atoms with E-state index in [1.807, 2.05) is 0 Å². The molecule has 0 amide bonds. The molecule has 0 aromatic heterocycles. The quantitative estimate of drug-likeness (QED) is 0.444. The SMILES string of the molecule is ClC1(Br)C2CCC=CCCC21. The summed E-state index contributed by atoms with van der Waals surface area (Å²) in [6.07, 6.45) is 9.51. The van der Waals surface area contributed by atoms with Crippen molar-refractivity contribution < 1.29 is 0 Å². The summed E-state index contributed by atoms with van der Waals surface area (Å²) in [5.74, 6) is 1.46. The van der Waals surface area contributed by atoms with Gasteiger partial charge in [0.15, 0.2) is 0 Å². The van der Waals surface area contributed by atoms with Crippen molar-refractivity contribution in [1.82, 2.24) is 0 Å². The van der Waals surface area contributed by atoms with Gasteiger partial charge in [-0.25, -0.2) is 0 Å². The summed E-state index contributed by atoms with van der Waals surface area (Å²) in [7, 11) is 0. The molecule has 2 heteroatoms. The minimum atomic E-state index is -0.0287. The first-order chi connectivity index (χ1) is 5.23. The summed E-state index contributed by atoms with van der Waals surface area (Å²) in [5.41, 5.74) is 0. The molecule has 11 heavy (non-hydrogen) atoms. The minimum absolute atomic E-state index is 0.0287. The lowest BCUT2D eigenvalue weighted by Gasteiger charge is -1.98. The molecule has 0 saturated heterocycles. The monoisotopic (exact) mass is 234 g/mol. The van der Waals surface area contributed by atoms with Gasteiger partial charge in [0.1, 0.15) is 3.78 Å². The van der Waals surface area contributed by atoms with E-state index < -0.39 is 0 Å². The second kappa shape index (κ2) is 2.77. The van der Waals surface area contributed by atoms with Crippen LogP contribution >= 0.6 is 27.5 Å². The molecule has 0 bridgehead atoms. The molecule has 2 rings (SSSR count).